The zero-order valence-electron chi connectivity index (χ0n) is 16.3. The summed E-state index contributed by atoms with van der Waals surface area (Å²) in [6, 6.07) is 11.0. The van der Waals surface area contributed by atoms with Crippen LogP contribution in [0.3, 0.4) is 0 Å². The van der Waals surface area contributed by atoms with Gasteiger partial charge in [0, 0.05) is 51.8 Å². The lowest BCUT2D eigenvalue weighted by atomic mass is 10.1. The van der Waals surface area contributed by atoms with Crippen molar-refractivity contribution in [3.8, 4) is 0 Å². The predicted octanol–water partition coefficient (Wildman–Crippen LogP) is 2.32. The highest BCUT2D eigenvalue weighted by Crippen LogP contribution is 2.20. The Balaban J connectivity index is 1.53. The molecule has 2 aromatic rings. The molecule has 148 valence electrons. The zero-order valence-corrected chi connectivity index (χ0v) is 16.3. The molecule has 0 spiro atoms. The van der Waals surface area contributed by atoms with Gasteiger partial charge in [-0.1, -0.05) is 18.2 Å². The van der Waals surface area contributed by atoms with Gasteiger partial charge in [-0.3, -0.25) is 14.4 Å². The Morgan fingerprint density at radius 2 is 1.68 bits per heavy atom. The van der Waals surface area contributed by atoms with Gasteiger partial charge >= 0.3 is 0 Å². The van der Waals surface area contributed by atoms with Crippen LogP contribution < -0.4 is 4.90 Å². The number of furan rings is 1. The maximum absolute atomic E-state index is 12.6. The van der Waals surface area contributed by atoms with Crippen molar-refractivity contribution < 1.29 is 18.8 Å². The number of hydrogen-bond donors (Lipinski definition) is 0. The molecular formula is C21H25N3O4. The quantitative estimate of drug-likeness (QED) is 0.794. The molecule has 0 saturated carbocycles. The minimum atomic E-state index is -0.153. The van der Waals surface area contributed by atoms with Gasteiger partial charge in [0.1, 0.15) is 0 Å². The molecular weight excluding hydrogens is 358 g/mol. The van der Waals surface area contributed by atoms with Crippen molar-refractivity contribution >= 4 is 23.4 Å². The fourth-order valence-corrected chi connectivity index (χ4v) is 3.39. The van der Waals surface area contributed by atoms with Crippen molar-refractivity contribution in [2.45, 2.75) is 20.3 Å². The molecule has 3 rings (SSSR count). The normalized spacial score (nSPS) is 14.1. The first-order chi connectivity index (χ1) is 13.5. The van der Waals surface area contributed by atoms with E-state index in [1.807, 2.05) is 31.2 Å². The van der Waals surface area contributed by atoms with Gasteiger partial charge in [0.15, 0.2) is 5.76 Å². The van der Waals surface area contributed by atoms with Crippen LogP contribution in [0.4, 0.5) is 5.69 Å². The van der Waals surface area contributed by atoms with Gasteiger partial charge < -0.3 is 19.1 Å². The Morgan fingerprint density at radius 3 is 2.29 bits per heavy atom. The number of aryl methyl sites for hydroxylation is 1. The number of piperazine rings is 1. The van der Waals surface area contributed by atoms with Gasteiger partial charge in [-0.05, 0) is 30.7 Å². The molecule has 28 heavy (non-hydrogen) atoms. The highest BCUT2D eigenvalue weighted by atomic mass is 16.3. The van der Waals surface area contributed by atoms with Crippen molar-refractivity contribution in [3.63, 3.8) is 0 Å². The zero-order chi connectivity index (χ0) is 20.1. The lowest BCUT2D eigenvalue weighted by Crippen LogP contribution is -2.51. The minimum absolute atomic E-state index is 0.00932. The molecule has 0 aliphatic carbocycles. The second-order valence-electron chi connectivity index (χ2n) is 6.86. The van der Waals surface area contributed by atoms with Crippen LogP contribution >= 0.6 is 0 Å². The number of rotatable bonds is 5. The smallest absolute Gasteiger partial charge is 0.289 e. The number of carbonyl (C=O) groups excluding carboxylic acids is 3. The van der Waals surface area contributed by atoms with E-state index in [0.717, 1.165) is 11.3 Å². The van der Waals surface area contributed by atoms with E-state index in [1.54, 1.807) is 26.8 Å². The molecule has 7 heteroatoms. The number of amides is 3. The molecule has 1 fully saturated rings. The summed E-state index contributed by atoms with van der Waals surface area (Å²) in [4.78, 5) is 42.1. The minimum Gasteiger partial charge on any atom is -0.459 e. The van der Waals surface area contributed by atoms with Crippen molar-refractivity contribution in [2.75, 3.05) is 37.6 Å². The first kappa shape index (κ1) is 19.7. The van der Waals surface area contributed by atoms with E-state index in [2.05, 4.69) is 0 Å². The van der Waals surface area contributed by atoms with Gasteiger partial charge in [-0.2, -0.15) is 0 Å². The molecule has 1 aromatic heterocycles. The van der Waals surface area contributed by atoms with E-state index >= 15 is 0 Å². The number of nitrogens with zero attached hydrogens (tertiary/aromatic N) is 3. The average Bonchev–Trinajstić information content (AvgIpc) is 3.23. The third-order valence-corrected chi connectivity index (χ3v) is 4.99. The predicted molar refractivity (Wildman–Crippen MR) is 105 cm³/mol. The molecule has 0 bridgehead atoms. The van der Waals surface area contributed by atoms with E-state index < -0.39 is 0 Å². The SMILES string of the molecule is CC(=O)N(CCC(=O)N1CCN(C(=O)c2ccco2)CC1)c1ccccc1C. The molecule has 1 saturated heterocycles. The van der Waals surface area contributed by atoms with Crippen molar-refractivity contribution in [3.05, 3.63) is 54.0 Å². The van der Waals surface area contributed by atoms with Crippen LogP contribution in [0.2, 0.25) is 0 Å². The summed E-state index contributed by atoms with van der Waals surface area (Å²) in [5.41, 5.74) is 1.83. The monoisotopic (exact) mass is 383 g/mol. The van der Waals surface area contributed by atoms with Gasteiger partial charge in [0.25, 0.3) is 5.91 Å². The van der Waals surface area contributed by atoms with Gasteiger partial charge in [0.2, 0.25) is 11.8 Å². The number of benzene rings is 1. The second kappa shape index (κ2) is 8.73. The first-order valence-corrected chi connectivity index (χ1v) is 9.41. The largest absolute Gasteiger partial charge is 0.459 e. The van der Waals surface area contributed by atoms with Crippen LogP contribution in [0.25, 0.3) is 0 Å². The first-order valence-electron chi connectivity index (χ1n) is 9.41. The van der Waals surface area contributed by atoms with E-state index in [9.17, 15) is 14.4 Å². The van der Waals surface area contributed by atoms with E-state index in [-0.39, 0.29) is 24.1 Å². The summed E-state index contributed by atoms with van der Waals surface area (Å²) in [5.74, 6) is 0.0652. The molecule has 1 aromatic carbocycles. The molecule has 2 heterocycles. The third-order valence-electron chi connectivity index (χ3n) is 4.99. The summed E-state index contributed by atoms with van der Waals surface area (Å²) in [6.07, 6.45) is 1.72. The summed E-state index contributed by atoms with van der Waals surface area (Å²) in [7, 11) is 0. The standard InChI is InChI=1S/C21H25N3O4/c1-16-6-3-4-7-18(16)24(17(2)25)10-9-20(26)22-11-13-23(14-12-22)21(27)19-8-5-15-28-19/h3-8,15H,9-14H2,1-2H3. The average molecular weight is 383 g/mol. The Hall–Kier alpha value is -3.09. The molecule has 1 aliphatic heterocycles. The summed E-state index contributed by atoms with van der Waals surface area (Å²) in [6.45, 7) is 5.70. The Kier molecular flexibility index (Phi) is 6.13. The van der Waals surface area contributed by atoms with Crippen molar-refractivity contribution in [1.82, 2.24) is 9.80 Å². The van der Waals surface area contributed by atoms with Gasteiger partial charge in [-0.25, -0.2) is 0 Å². The fraction of sp³-hybridized carbons (Fsp3) is 0.381. The van der Waals surface area contributed by atoms with Gasteiger partial charge in [0.05, 0.1) is 6.26 Å². The Morgan fingerprint density at radius 1 is 1.00 bits per heavy atom. The maximum Gasteiger partial charge on any atom is 0.289 e. The molecule has 0 atom stereocenters. The van der Waals surface area contributed by atoms with E-state index in [0.29, 0.717) is 38.5 Å². The molecule has 0 unspecified atom stereocenters. The number of para-hydroxylation sites is 1. The summed E-state index contributed by atoms with van der Waals surface area (Å²) in [5, 5.41) is 0. The molecule has 7 nitrogen and oxygen atoms in total. The molecule has 1 aliphatic rings. The van der Waals surface area contributed by atoms with E-state index in [4.69, 9.17) is 4.42 Å². The third kappa shape index (κ3) is 4.42. The van der Waals surface area contributed by atoms with Gasteiger partial charge in [-0.15, -0.1) is 0 Å². The molecule has 0 radical (unpaired) electrons. The number of anilines is 1. The van der Waals surface area contributed by atoms with Crippen LogP contribution in [0.15, 0.2) is 47.1 Å². The van der Waals surface area contributed by atoms with Crippen LogP contribution in [0.1, 0.15) is 29.5 Å². The number of hydrogen-bond acceptors (Lipinski definition) is 4. The Labute approximate surface area is 164 Å². The van der Waals surface area contributed by atoms with Crippen LogP contribution in [0.5, 0.6) is 0 Å². The summed E-state index contributed by atoms with van der Waals surface area (Å²) >= 11 is 0. The summed E-state index contributed by atoms with van der Waals surface area (Å²) < 4.78 is 5.15. The second-order valence-corrected chi connectivity index (χ2v) is 6.86. The highest BCUT2D eigenvalue weighted by Gasteiger charge is 2.26. The Bertz CT molecular complexity index is 839. The van der Waals surface area contributed by atoms with E-state index in [1.165, 1.54) is 13.2 Å². The van der Waals surface area contributed by atoms with Crippen molar-refractivity contribution in [1.29, 1.82) is 0 Å². The molecule has 3 amide bonds. The van der Waals surface area contributed by atoms with Crippen LogP contribution in [-0.4, -0.2) is 60.2 Å². The lowest BCUT2D eigenvalue weighted by molar-refractivity contribution is -0.132. The van der Waals surface area contributed by atoms with Crippen LogP contribution in [0, 0.1) is 6.92 Å². The topological polar surface area (TPSA) is 74.1 Å². The molecule has 0 N–H and O–H groups in total. The lowest BCUT2D eigenvalue weighted by Gasteiger charge is -2.34. The fourth-order valence-electron chi connectivity index (χ4n) is 3.39. The van der Waals surface area contributed by atoms with Crippen LogP contribution in [-0.2, 0) is 9.59 Å². The number of carbonyl (C=O) groups is 3. The van der Waals surface area contributed by atoms with Crippen molar-refractivity contribution in [2.24, 2.45) is 0 Å². The highest BCUT2D eigenvalue weighted by molar-refractivity contribution is 5.93. The maximum atomic E-state index is 12.6.